The van der Waals surface area contributed by atoms with Crippen molar-refractivity contribution in [2.45, 2.75) is 13.5 Å². The second-order valence-electron chi connectivity index (χ2n) is 6.59. The molecule has 0 bridgehead atoms. The molecular weight excluding hydrogens is 312 g/mol. The van der Waals surface area contributed by atoms with Crippen LogP contribution in [-0.4, -0.2) is 51.3 Å². The lowest BCUT2D eigenvalue weighted by molar-refractivity contribution is -0.130. The summed E-state index contributed by atoms with van der Waals surface area (Å²) >= 11 is 0. The maximum Gasteiger partial charge on any atom is 0.219 e. The lowest BCUT2D eigenvalue weighted by Gasteiger charge is -2.34. The molecule has 0 atom stereocenters. The number of hydrogen-bond acceptors (Lipinski definition) is 3. The number of benzene rings is 1. The van der Waals surface area contributed by atoms with E-state index < -0.39 is 0 Å². The summed E-state index contributed by atoms with van der Waals surface area (Å²) in [6.07, 6.45) is 5.90. The van der Waals surface area contributed by atoms with Crippen molar-refractivity contribution in [2.75, 3.05) is 26.2 Å². The number of pyridine rings is 1. The highest BCUT2D eigenvalue weighted by molar-refractivity contribution is 5.73. The molecule has 128 valence electrons. The number of nitrogens with zero attached hydrogens (tertiary/aromatic N) is 4. The molecule has 0 saturated carbocycles. The quantitative estimate of drug-likeness (QED) is 0.739. The van der Waals surface area contributed by atoms with Crippen LogP contribution in [0.3, 0.4) is 0 Å². The Bertz CT molecular complexity index is 893. The number of aromatic nitrogens is 2. The molecule has 1 saturated heterocycles. The van der Waals surface area contributed by atoms with Crippen molar-refractivity contribution in [3.63, 3.8) is 0 Å². The molecule has 2 aromatic heterocycles. The minimum Gasteiger partial charge on any atom is -0.340 e. The van der Waals surface area contributed by atoms with Crippen LogP contribution in [0.2, 0.25) is 0 Å². The first kappa shape index (κ1) is 15.8. The number of amides is 1. The predicted molar refractivity (Wildman–Crippen MR) is 98.2 cm³/mol. The molecule has 1 aliphatic rings. The standard InChI is InChI=1S/C20H22N4O/c1-16(25)23-11-9-22(10-12-23)14-17-3-2-4-18(13-17)19-5-6-20-21-7-8-24(20)15-19/h2-8,13,15H,9-12,14H2,1H3. The maximum absolute atomic E-state index is 11.4. The number of imidazole rings is 1. The molecule has 0 radical (unpaired) electrons. The Morgan fingerprint density at radius 1 is 1.08 bits per heavy atom. The lowest BCUT2D eigenvalue weighted by atomic mass is 10.0. The van der Waals surface area contributed by atoms with Crippen molar-refractivity contribution < 1.29 is 4.79 Å². The summed E-state index contributed by atoms with van der Waals surface area (Å²) in [5.74, 6) is 0.177. The fourth-order valence-electron chi connectivity index (χ4n) is 3.42. The molecule has 0 unspecified atom stereocenters. The molecule has 3 heterocycles. The molecule has 3 aromatic rings. The fourth-order valence-corrected chi connectivity index (χ4v) is 3.42. The highest BCUT2D eigenvalue weighted by Crippen LogP contribution is 2.22. The van der Waals surface area contributed by atoms with Crippen molar-refractivity contribution in [1.82, 2.24) is 19.2 Å². The number of fused-ring (bicyclic) bond motifs is 1. The fraction of sp³-hybridized carbons (Fsp3) is 0.300. The zero-order chi connectivity index (χ0) is 17.2. The van der Waals surface area contributed by atoms with Gasteiger partial charge in [0.15, 0.2) is 0 Å². The summed E-state index contributed by atoms with van der Waals surface area (Å²) in [5.41, 5.74) is 4.67. The van der Waals surface area contributed by atoms with Gasteiger partial charge in [-0.25, -0.2) is 4.98 Å². The van der Waals surface area contributed by atoms with E-state index in [1.54, 1.807) is 6.92 Å². The number of rotatable bonds is 3. The van der Waals surface area contributed by atoms with Crippen molar-refractivity contribution >= 4 is 11.6 Å². The van der Waals surface area contributed by atoms with Crippen LogP contribution in [0.5, 0.6) is 0 Å². The van der Waals surface area contributed by atoms with E-state index in [1.165, 1.54) is 16.7 Å². The topological polar surface area (TPSA) is 40.9 Å². The summed E-state index contributed by atoms with van der Waals surface area (Å²) in [6, 6.07) is 12.9. The molecule has 0 aliphatic carbocycles. The van der Waals surface area contributed by atoms with Crippen molar-refractivity contribution in [3.05, 3.63) is 60.6 Å². The second-order valence-corrected chi connectivity index (χ2v) is 6.59. The Morgan fingerprint density at radius 3 is 2.72 bits per heavy atom. The third-order valence-corrected chi connectivity index (χ3v) is 4.87. The maximum atomic E-state index is 11.4. The second kappa shape index (κ2) is 6.69. The summed E-state index contributed by atoms with van der Waals surface area (Å²) in [5, 5.41) is 0. The van der Waals surface area contributed by atoms with E-state index in [9.17, 15) is 4.79 Å². The normalized spacial score (nSPS) is 15.6. The summed E-state index contributed by atoms with van der Waals surface area (Å²) in [7, 11) is 0. The zero-order valence-corrected chi connectivity index (χ0v) is 14.4. The van der Waals surface area contributed by atoms with E-state index >= 15 is 0 Å². The summed E-state index contributed by atoms with van der Waals surface area (Å²) in [6.45, 7) is 6.09. The van der Waals surface area contributed by atoms with Gasteiger partial charge in [0.2, 0.25) is 5.91 Å². The molecule has 5 heteroatoms. The minimum atomic E-state index is 0.177. The van der Waals surface area contributed by atoms with Gasteiger partial charge >= 0.3 is 0 Å². The van der Waals surface area contributed by atoms with Crippen molar-refractivity contribution in [2.24, 2.45) is 0 Å². The van der Waals surface area contributed by atoms with Crippen LogP contribution >= 0.6 is 0 Å². The highest BCUT2D eigenvalue weighted by atomic mass is 16.2. The molecule has 4 rings (SSSR count). The van der Waals surface area contributed by atoms with Gasteiger partial charge in [0, 0.05) is 58.2 Å². The number of piperazine rings is 1. The van der Waals surface area contributed by atoms with Gasteiger partial charge in [-0.05, 0) is 34.9 Å². The third kappa shape index (κ3) is 3.42. The van der Waals surface area contributed by atoms with Gasteiger partial charge in [-0.3, -0.25) is 9.69 Å². The van der Waals surface area contributed by atoms with Crippen molar-refractivity contribution in [1.29, 1.82) is 0 Å². The molecule has 1 aromatic carbocycles. The molecule has 1 fully saturated rings. The first-order valence-corrected chi connectivity index (χ1v) is 8.69. The van der Waals surface area contributed by atoms with Crippen LogP contribution < -0.4 is 0 Å². The van der Waals surface area contributed by atoms with E-state index in [4.69, 9.17) is 0 Å². The first-order chi connectivity index (χ1) is 12.2. The van der Waals surface area contributed by atoms with Crippen LogP contribution in [0.15, 0.2) is 55.0 Å². The van der Waals surface area contributed by atoms with Gasteiger partial charge in [-0.2, -0.15) is 0 Å². The van der Waals surface area contributed by atoms with Gasteiger partial charge in [0.25, 0.3) is 0 Å². The largest absolute Gasteiger partial charge is 0.340 e. The molecule has 25 heavy (non-hydrogen) atoms. The summed E-state index contributed by atoms with van der Waals surface area (Å²) in [4.78, 5) is 20.1. The van der Waals surface area contributed by atoms with Crippen molar-refractivity contribution in [3.8, 4) is 11.1 Å². The van der Waals surface area contributed by atoms with Gasteiger partial charge in [-0.1, -0.05) is 18.2 Å². The lowest BCUT2D eigenvalue weighted by Crippen LogP contribution is -2.47. The van der Waals surface area contributed by atoms with Crippen LogP contribution in [0, 0.1) is 0 Å². The van der Waals surface area contributed by atoms with E-state index in [-0.39, 0.29) is 5.91 Å². The Labute approximate surface area is 147 Å². The average Bonchev–Trinajstić information content (AvgIpc) is 3.10. The Balaban J connectivity index is 1.49. The zero-order valence-electron chi connectivity index (χ0n) is 14.4. The minimum absolute atomic E-state index is 0.177. The summed E-state index contributed by atoms with van der Waals surface area (Å²) < 4.78 is 2.04. The number of hydrogen-bond donors (Lipinski definition) is 0. The van der Waals surface area contributed by atoms with Crippen LogP contribution in [-0.2, 0) is 11.3 Å². The molecule has 0 spiro atoms. The average molecular weight is 334 g/mol. The first-order valence-electron chi connectivity index (χ1n) is 8.69. The third-order valence-electron chi connectivity index (χ3n) is 4.87. The van der Waals surface area contributed by atoms with E-state index in [2.05, 4.69) is 46.4 Å². The van der Waals surface area contributed by atoms with Gasteiger partial charge in [-0.15, -0.1) is 0 Å². The van der Waals surface area contributed by atoms with Gasteiger partial charge in [0.1, 0.15) is 5.65 Å². The molecule has 1 aliphatic heterocycles. The van der Waals surface area contributed by atoms with Crippen LogP contribution in [0.4, 0.5) is 0 Å². The molecule has 0 N–H and O–H groups in total. The number of carbonyl (C=O) groups is 1. The SMILES string of the molecule is CC(=O)N1CCN(Cc2cccc(-c3ccc4nccn4c3)c2)CC1. The highest BCUT2D eigenvalue weighted by Gasteiger charge is 2.18. The number of carbonyl (C=O) groups excluding carboxylic acids is 1. The molecular formula is C20H22N4O. The monoisotopic (exact) mass is 334 g/mol. The van der Waals surface area contributed by atoms with Crippen LogP contribution in [0.25, 0.3) is 16.8 Å². The smallest absolute Gasteiger partial charge is 0.219 e. The van der Waals surface area contributed by atoms with E-state index in [0.717, 1.165) is 38.4 Å². The van der Waals surface area contributed by atoms with Gasteiger partial charge in [0.05, 0.1) is 0 Å². The van der Waals surface area contributed by atoms with E-state index in [0.29, 0.717) is 0 Å². The Kier molecular flexibility index (Phi) is 4.24. The predicted octanol–water partition coefficient (Wildman–Crippen LogP) is 2.67. The van der Waals surface area contributed by atoms with E-state index in [1.807, 2.05) is 27.8 Å². The molecule has 5 nitrogen and oxygen atoms in total. The Morgan fingerprint density at radius 2 is 1.92 bits per heavy atom. The molecule has 1 amide bonds. The Hall–Kier alpha value is -2.66. The van der Waals surface area contributed by atoms with Crippen LogP contribution in [0.1, 0.15) is 12.5 Å². The van der Waals surface area contributed by atoms with Gasteiger partial charge < -0.3 is 9.30 Å².